The monoisotopic (exact) mass is 259 g/mol. The molecule has 0 aliphatic heterocycles. The Labute approximate surface area is 112 Å². The van der Waals surface area contributed by atoms with Crippen LogP contribution in [0.5, 0.6) is 5.75 Å². The highest BCUT2D eigenvalue weighted by Crippen LogP contribution is 2.26. The lowest BCUT2D eigenvalue weighted by Crippen LogP contribution is -2.09. The molecule has 0 radical (unpaired) electrons. The molecule has 0 amide bonds. The minimum Gasteiger partial charge on any atom is -0.508 e. The van der Waals surface area contributed by atoms with E-state index in [1.807, 2.05) is 25.1 Å². The molecule has 0 aromatic heterocycles. The summed E-state index contributed by atoms with van der Waals surface area (Å²) in [5.41, 5.74) is 2.67. The van der Waals surface area contributed by atoms with Gasteiger partial charge in [0.1, 0.15) is 11.6 Å². The van der Waals surface area contributed by atoms with Gasteiger partial charge in [-0.1, -0.05) is 19.1 Å². The van der Waals surface area contributed by atoms with Crippen molar-refractivity contribution in [2.75, 3.05) is 5.32 Å². The minimum atomic E-state index is -0.223. The summed E-state index contributed by atoms with van der Waals surface area (Å²) < 4.78 is 13.3. The first kappa shape index (κ1) is 13.4. The quantitative estimate of drug-likeness (QED) is 0.797. The highest BCUT2D eigenvalue weighted by Gasteiger charge is 2.10. The normalized spacial score (nSPS) is 12.2. The lowest BCUT2D eigenvalue weighted by atomic mass is 10.0. The molecule has 0 aliphatic rings. The first-order valence-electron chi connectivity index (χ1n) is 6.41. The summed E-state index contributed by atoms with van der Waals surface area (Å²) in [5.74, 6) is 0.0593. The summed E-state index contributed by atoms with van der Waals surface area (Å²) in [6.07, 6.45) is 0.851. The molecule has 0 spiro atoms. The Morgan fingerprint density at radius 2 is 2.00 bits per heavy atom. The van der Waals surface area contributed by atoms with Crippen LogP contribution in [0.1, 0.15) is 30.5 Å². The fourth-order valence-electron chi connectivity index (χ4n) is 2.09. The molecule has 3 heteroatoms. The SMILES string of the molecule is CCC(Nc1ccc(O)c(C)c1)c1cccc(F)c1. The van der Waals surface area contributed by atoms with Crippen molar-refractivity contribution in [2.24, 2.45) is 0 Å². The second-order valence-electron chi connectivity index (χ2n) is 4.66. The van der Waals surface area contributed by atoms with Crippen molar-refractivity contribution in [2.45, 2.75) is 26.3 Å². The Balaban J connectivity index is 2.21. The zero-order valence-corrected chi connectivity index (χ0v) is 11.2. The molecule has 100 valence electrons. The molecular weight excluding hydrogens is 241 g/mol. The van der Waals surface area contributed by atoms with Crippen LogP contribution in [0.25, 0.3) is 0 Å². The Morgan fingerprint density at radius 3 is 2.63 bits per heavy atom. The Bertz CT molecular complexity index is 568. The fraction of sp³-hybridized carbons (Fsp3) is 0.250. The van der Waals surface area contributed by atoms with Gasteiger partial charge >= 0.3 is 0 Å². The van der Waals surface area contributed by atoms with E-state index in [0.717, 1.165) is 23.2 Å². The van der Waals surface area contributed by atoms with Gasteiger partial charge in [-0.25, -0.2) is 4.39 Å². The molecule has 2 N–H and O–H groups in total. The fourth-order valence-corrected chi connectivity index (χ4v) is 2.09. The van der Waals surface area contributed by atoms with Crippen LogP contribution in [0.15, 0.2) is 42.5 Å². The van der Waals surface area contributed by atoms with Gasteiger partial charge in [0.05, 0.1) is 6.04 Å². The summed E-state index contributed by atoms with van der Waals surface area (Å²) in [4.78, 5) is 0. The van der Waals surface area contributed by atoms with Crippen LogP contribution < -0.4 is 5.32 Å². The number of halogens is 1. The molecule has 0 saturated carbocycles. The summed E-state index contributed by atoms with van der Waals surface area (Å²) in [5, 5.41) is 12.9. The van der Waals surface area contributed by atoms with Crippen LogP contribution >= 0.6 is 0 Å². The highest BCUT2D eigenvalue weighted by molar-refractivity contribution is 5.51. The summed E-state index contributed by atoms with van der Waals surface area (Å²) in [6, 6.07) is 12.1. The second kappa shape index (κ2) is 5.74. The van der Waals surface area contributed by atoms with Crippen LogP contribution in [0.4, 0.5) is 10.1 Å². The highest BCUT2D eigenvalue weighted by atomic mass is 19.1. The number of aromatic hydroxyl groups is 1. The maximum atomic E-state index is 13.3. The molecule has 0 heterocycles. The maximum absolute atomic E-state index is 13.3. The van der Waals surface area contributed by atoms with Crippen LogP contribution in [-0.4, -0.2) is 5.11 Å². The summed E-state index contributed by atoms with van der Waals surface area (Å²) >= 11 is 0. The number of rotatable bonds is 4. The van der Waals surface area contributed by atoms with Crippen LogP contribution in [0.2, 0.25) is 0 Å². The minimum absolute atomic E-state index is 0.0552. The largest absolute Gasteiger partial charge is 0.508 e. The van der Waals surface area contributed by atoms with Gasteiger partial charge in [0.2, 0.25) is 0 Å². The van der Waals surface area contributed by atoms with Gasteiger partial charge in [0, 0.05) is 5.69 Å². The van der Waals surface area contributed by atoms with Crippen LogP contribution in [-0.2, 0) is 0 Å². The number of hydrogen-bond acceptors (Lipinski definition) is 2. The predicted octanol–water partition coefficient (Wildman–Crippen LogP) is 4.40. The number of nitrogens with one attached hydrogen (secondary N) is 1. The molecule has 2 aromatic rings. The topological polar surface area (TPSA) is 32.3 Å². The van der Waals surface area contributed by atoms with Crippen molar-refractivity contribution in [3.05, 3.63) is 59.4 Å². The standard InChI is InChI=1S/C16H18FNO/c1-3-15(12-5-4-6-13(17)10-12)18-14-7-8-16(19)11(2)9-14/h4-10,15,18-19H,3H2,1-2H3. The Hall–Kier alpha value is -2.03. The summed E-state index contributed by atoms with van der Waals surface area (Å²) in [6.45, 7) is 3.90. The molecule has 0 saturated heterocycles. The van der Waals surface area contributed by atoms with Gasteiger partial charge < -0.3 is 10.4 Å². The third-order valence-electron chi connectivity index (χ3n) is 3.20. The van der Waals surface area contributed by atoms with E-state index in [-0.39, 0.29) is 17.6 Å². The maximum Gasteiger partial charge on any atom is 0.123 e. The van der Waals surface area contributed by atoms with E-state index in [0.29, 0.717) is 0 Å². The molecule has 19 heavy (non-hydrogen) atoms. The van der Waals surface area contributed by atoms with Crippen molar-refractivity contribution in [3.8, 4) is 5.75 Å². The average molecular weight is 259 g/mol. The molecule has 0 bridgehead atoms. The number of phenols is 1. The molecule has 2 nitrogen and oxygen atoms in total. The van der Waals surface area contributed by atoms with E-state index >= 15 is 0 Å². The third kappa shape index (κ3) is 3.25. The lowest BCUT2D eigenvalue weighted by Gasteiger charge is -2.19. The van der Waals surface area contributed by atoms with Crippen molar-refractivity contribution < 1.29 is 9.50 Å². The van der Waals surface area contributed by atoms with E-state index in [1.165, 1.54) is 6.07 Å². The molecule has 2 aromatic carbocycles. The van der Waals surface area contributed by atoms with Gasteiger partial charge in [-0.3, -0.25) is 0 Å². The average Bonchev–Trinajstić information content (AvgIpc) is 2.40. The van der Waals surface area contributed by atoms with E-state index in [2.05, 4.69) is 12.2 Å². The molecule has 2 rings (SSSR count). The molecule has 0 aliphatic carbocycles. The number of anilines is 1. The van der Waals surface area contributed by atoms with E-state index in [1.54, 1.807) is 18.2 Å². The molecule has 1 unspecified atom stereocenters. The first-order chi connectivity index (χ1) is 9.10. The molecule has 1 atom stereocenters. The zero-order chi connectivity index (χ0) is 13.8. The van der Waals surface area contributed by atoms with Gasteiger partial charge in [0.15, 0.2) is 0 Å². The van der Waals surface area contributed by atoms with Crippen molar-refractivity contribution >= 4 is 5.69 Å². The lowest BCUT2D eigenvalue weighted by molar-refractivity contribution is 0.471. The van der Waals surface area contributed by atoms with E-state index < -0.39 is 0 Å². The van der Waals surface area contributed by atoms with E-state index in [9.17, 15) is 9.50 Å². The van der Waals surface area contributed by atoms with Gasteiger partial charge in [-0.05, 0) is 54.8 Å². The van der Waals surface area contributed by atoms with Crippen molar-refractivity contribution in [1.82, 2.24) is 0 Å². The Morgan fingerprint density at radius 1 is 1.21 bits per heavy atom. The number of hydrogen-bond donors (Lipinski definition) is 2. The summed E-state index contributed by atoms with van der Waals surface area (Å²) in [7, 11) is 0. The number of aryl methyl sites for hydroxylation is 1. The van der Waals surface area contributed by atoms with Gasteiger partial charge in [-0.15, -0.1) is 0 Å². The third-order valence-corrected chi connectivity index (χ3v) is 3.20. The Kier molecular flexibility index (Phi) is 4.05. The van der Waals surface area contributed by atoms with Crippen LogP contribution in [0.3, 0.4) is 0 Å². The first-order valence-corrected chi connectivity index (χ1v) is 6.41. The molecule has 0 fully saturated rings. The number of phenolic OH excluding ortho intramolecular Hbond substituents is 1. The van der Waals surface area contributed by atoms with Crippen LogP contribution in [0, 0.1) is 12.7 Å². The second-order valence-corrected chi connectivity index (χ2v) is 4.66. The van der Waals surface area contributed by atoms with E-state index in [4.69, 9.17) is 0 Å². The van der Waals surface area contributed by atoms with Crippen molar-refractivity contribution in [3.63, 3.8) is 0 Å². The van der Waals surface area contributed by atoms with Gasteiger partial charge in [0.25, 0.3) is 0 Å². The smallest absolute Gasteiger partial charge is 0.123 e. The molecular formula is C16H18FNO. The number of benzene rings is 2. The van der Waals surface area contributed by atoms with Gasteiger partial charge in [-0.2, -0.15) is 0 Å². The predicted molar refractivity (Wildman–Crippen MR) is 75.9 cm³/mol. The zero-order valence-electron chi connectivity index (χ0n) is 11.2. The van der Waals surface area contributed by atoms with Crippen molar-refractivity contribution in [1.29, 1.82) is 0 Å².